The second-order valence-corrected chi connectivity index (χ2v) is 8.24. The van der Waals surface area contributed by atoms with Crippen LogP contribution in [0.25, 0.3) is 0 Å². The Hall–Kier alpha value is -2.11. The summed E-state index contributed by atoms with van der Waals surface area (Å²) in [4.78, 5) is 32.1. The fourth-order valence-electron chi connectivity index (χ4n) is 3.91. The molecule has 0 bridgehead atoms. The molecule has 2 fully saturated rings. The Balaban J connectivity index is 1.82. The third-order valence-electron chi connectivity index (χ3n) is 5.11. The van der Waals surface area contributed by atoms with E-state index in [2.05, 4.69) is 4.98 Å². The lowest BCUT2D eigenvalue weighted by Crippen LogP contribution is -2.43. The highest BCUT2D eigenvalue weighted by molar-refractivity contribution is 5.87. The highest BCUT2D eigenvalue weighted by atomic mass is 16.6. The van der Waals surface area contributed by atoms with Gasteiger partial charge in [-0.2, -0.15) is 0 Å². The maximum absolute atomic E-state index is 12.8. The number of hydrogen-bond donors (Lipinski definition) is 0. The molecule has 1 saturated carbocycles. The van der Waals surface area contributed by atoms with Crippen LogP contribution in [0.3, 0.4) is 0 Å². The summed E-state index contributed by atoms with van der Waals surface area (Å²) < 4.78 is 5.62. The van der Waals surface area contributed by atoms with E-state index in [1.54, 1.807) is 11.1 Å². The summed E-state index contributed by atoms with van der Waals surface area (Å²) in [5.74, 6) is 0.630. The predicted molar refractivity (Wildman–Crippen MR) is 100.0 cm³/mol. The molecule has 1 aromatic heterocycles. The Morgan fingerprint density at radius 3 is 2.54 bits per heavy atom. The van der Waals surface area contributed by atoms with Gasteiger partial charge in [-0.15, -0.1) is 0 Å². The molecule has 1 aromatic rings. The third kappa shape index (κ3) is 4.17. The number of likely N-dealkylation sites (tertiary alicyclic amines) is 1. The molecule has 142 valence electrons. The average molecular weight is 359 g/mol. The average Bonchev–Trinajstić information content (AvgIpc) is 3.25. The molecule has 6 heteroatoms. The van der Waals surface area contributed by atoms with Crippen LogP contribution in [0.4, 0.5) is 10.6 Å². The van der Waals surface area contributed by atoms with Crippen molar-refractivity contribution < 1.29 is 14.3 Å². The maximum atomic E-state index is 12.8. The van der Waals surface area contributed by atoms with Crippen molar-refractivity contribution in [2.24, 2.45) is 0 Å². The smallest absolute Gasteiger partial charge is 0.416 e. The summed E-state index contributed by atoms with van der Waals surface area (Å²) in [7, 11) is 0. The molecule has 2 aliphatic rings. The van der Waals surface area contributed by atoms with Crippen molar-refractivity contribution in [3.8, 4) is 0 Å². The molecule has 3 rings (SSSR count). The van der Waals surface area contributed by atoms with Crippen molar-refractivity contribution in [3.05, 3.63) is 23.9 Å². The Bertz CT molecular complexity index is 633. The molecule has 2 amide bonds. The minimum Gasteiger partial charge on any atom is -0.443 e. The van der Waals surface area contributed by atoms with Gasteiger partial charge in [0.15, 0.2) is 0 Å². The van der Waals surface area contributed by atoms with E-state index in [9.17, 15) is 9.59 Å². The Labute approximate surface area is 155 Å². The standard InChI is InChI=1S/C20H29N3O3/c1-20(2,3)26-19(25)23(16-7-4-5-8-16)18-11-10-15(13-21-18)17-9-6-12-22(17)14-24/h10-11,13-14,16-17H,4-9,12H2,1-3H3. The van der Waals surface area contributed by atoms with E-state index < -0.39 is 5.60 Å². The van der Waals surface area contributed by atoms with Crippen molar-refractivity contribution in [1.29, 1.82) is 0 Å². The minimum atomic E-state index is -0.539. The quantitative estimate of drug-likeness (QED) is 0.761. The molecule has 1 saturated heterocycles. The van der Waals surface area contributed by atoms with E-state index in [4.69, 9.17) is 4.74 Å². The molecule has 1 aliphatic carbocycles. The zero-order valence-corrected chi connectivity index (χ0v) is 16.0. The van der Waals surface area contributed by atoms with Crippen LogP contribution in [-0.2, 0) is 9.53 Å². The molecule has 0 radical (unpaired) electrons. The number of ether oxygens (including phenoxy) is 1. The highest BCUT2D eigenvalue weighted by Crippen LogP contribution is 2.33. The van der Waals surface area contributed by atoms with Crippen LogP contribution >= 0.6 is 0 Å². The van der Waals surface area contributed by atoms with E-state index in [1.165, 1.54) is 0 Å². The van der Waals surface area contributed by atoms with Crippen LogP contribution in [0, 0.1) is 0 Å². The van der Waals surface area contributed by atoms with Crippen molar-refractivity contribution in [3.63, 3.8) is 0 Å². The third-order valence-corrected chi connectivity index (χ3v) is 5.11. The van der Waals surface area contributed by atoms with Crippen molar-refractivity contribution in [2.45, 2.75) is 77.0 Å². The number of carbonyl (C=O) groups is 2. The molecular formula is C20H29N3O3. The second-order valence-electron chi connectivity index (χ2n) is 8.24. The van der Waals surface area contributed by atoms with E-state index in [0.717, 1.165) is 57.0 Å². The van der Waals surface area contributed by atoms with Gasteiger partial charge in [0.1, 0.15) is 11.4 Å². The molecule has 6 nitrogen and oxygen atoms in total. The summed E-state index contributed by atoms with van der Waals surface area (Å²) in [6.07, 6.45) is 8.55. The molecule has 0 spiro atoms. The summed E-state index contributed by atoms with van der Waals surface area (Å²) in [6.45, 7) is 6.43. The predicted octanol–water partition coefficient (Wildman–Crippen LogP) is 4.06. The number of aromatic nitrogens is 1. The minimum absolute atomic E-state index is 0.0931. The number of amides is 2. The highest BCUT2D eigenvalue weighted by Gasteiger charge is 2.33. The van der Waals surface area contributed by atoms with Crippen LogP contribution in [0.5, 0.6) is 0 Å². The number of nitrogens with zero attached hydrogens (tertiary/aromatic N) is 3. The van der Waals surface area contributed by atoms with Gasteiger partial charge in [-0.25, -0.2) is 9.78 Å². The van der Waals surface area contributed by atoms with Gasteiger partial charge in [0.05, 0.1) is 6.04 Å². The van der Waals surface area contributed by atoms with Crippen LogP contribution in [0.1, 0.15) is 70.9 Å². The molecule has 1 atom stereocenters. The van der Waals surface area contributed by atoms with Crippen LogP contribution in [-0.4, -0.2) is 40.6 Å². The van der Waals surface area contributed by atoms with E-state index in [0.29, 0.717) is 5.82 Å². The normalized spacial score (nSPS) is 21.0. The number of carbonyl (C=O) groups excluding carboxylic acids is 2. The molecule has 26 heavy (non-hydrogen) atoms. The zero-order valence-electron chi connectivity index (χ0n) is 16.0. The molecular weight excluding hydrogens is 330 g/mol. The summed E-state index contributed by atoms with van der Waals surface area (Å²) in [5.41, 5.74) is 0.483. The lowest BCUT2D eigenvalue weighted by atomic mass is 10.1. The second kappa shape index (κ2) is 7.64. The van der Waals surface area contributed by atoms with Gasteiger partial charge in [0.2, 0.25) is 6.41 Å². The Morgan fingerprint density at radius 1 is 1.23 bits per heavy atom. The SMILES string of the molecule is CC(C)(C)OC(=O)N(c1ccc(C2CCCN2C=O)cn1)C1CCCC1. The first-order valence-corrected chi connectivity index (χ1v) is 9.58. The fraction of sp³-hybridized carbons (Fsp3) is 0.650. The Morgan fingerprint density at radius 2 is 1.96 bits per heavy atom. The van der Waals surface area contributed by atoms with E-state index in [1.807, 2.05) is 37.8 Å². The molecule has 1 unspecified atom stereocenters. The van der Waals surface area contributed by atoms with Gasteiger partial charge in [-0.3, -0.25) is 9.69 Å². The summed E-state index contributed by atoms with van der Waals surface area (Å²) >= 11 is 0. The summed E-state index contributed by atoms with van der Waals surface area (Å²) in [6, 6.07) is 4.11. The molecule has 0 aromatic carbocycles. The number of pyridine rings is 1. The number of hydrogen-bond acceptors (Lipinski definition) is 4. The molecule has 0 N–H and O–H groups in total. The maximum Gasteiger partial charge on any atom is 0.416 e. The number of rotatable bonds is 4. The topological polar surface area (TPSA) is 62.7 Å². The van der Waals surface area contributed by atoms with Crippen molar-refractivity contribution >= 4 is 18.3 Å². The lowest BCUT2D eigenvalue weighted by Gasteiger charge is -2.31. The van der Waals surface area contributed by atoms with Gasteiger partial charge in [-0.05, 0) is 58.1 Å². The number of anilines is 1. The first-order valence-electron chi connectivity index (χ1n) is 9.58. The van der Waals surface area contributed by atoms with Crippen molar-refractivity contribution in [1.82, 2.24) is 9.88 Å². The van der Waals surface area contributed by atoms with Gasteiger partial charge >= 0.3 is 6.09 Å². The van der Waals surface area contributed by atoms with Crippen molar-refractivity contribution in [2.75, 3.05) is 11.4 Å². The van der Waals surface area contributed by atoms with Gasteiger partial charge < -0.3 is 9.64 Å². The zero-order chi connectivity index (χ0) is 18.7. The Kier molecular flexibility index (Phi) is 5.49. The van der Waals surface area contributed by atoms with Gasteiger partial charge in [0.25, 0.3) is 0 Å². The molecule has 1 aliphatic heterocycles. The first-order chi connectivity index (χ1) is 12.4. The van der Waals surface area contributed by atoms with E-state index >= 15 is 0 Å². The monoisotopic (exact) mass is 359 g/mol. The van der Waals surface area contributed by atoms with Crippen LogP contribution < -0.4 is 4.90 Å². The van der Waals surface area contributed by atoms with E-state index in [-0.39, 0.29) is 18.2 Å². The van der Waals surface area contributed by atoms with Gasteiger partial charge in [-0.1, -0.05) is 18.9 Å². The van der Waals surface area contributed by atoms with Crippen LogP contribution in [0.2, 0.25) is 0 Å². The first kappa shape index (κ1) is 18.7. The largest absolute Gasteiger partial charge is 0.443 e. The van der Waals surface area contributed by atoms with Crippen LogP contribution in [0.15, 0.2) is 18.3 Å². The molecule has 2 heterocycles. The summed E-state index contributed by atoms with van der Waals surface area (Å²) in [5, 5.41) is 0. The lowest BCUT2D eigenvalue weighted by molar-refractivity contribution is -0.118. The fourth-order valence-corrected chi connectivity index (χ4v) is 3.91. The van der Waals surface area contributed by atoms with Gasteiger partial charge in [0, 0.05) is 18.8 Å².